The molecule has 1 aromatic carbocycles. The number of benzene rings is 1. The van der Waals surface area contributed by atoms with E-state index in [0.717, 1.165) is 5.57 Å². The predicted molar refractivity (Wildman–Crippen MR) is 69.5 cm³/mol. The monoisotopic (exact) mass is 250 g/mol. The summed E-state index contributed by atoms with van der Waals surface area (Å²) in [6.45, 7) is 5.19. The van der Waals surface area contributed by atoms with E-state index in [-0.39, 0.29) is 28.6 Å². The van der Waals surface area contributed by atoms with Gasteiger partial charge in [0, 0.05) is 11.6 Å². The van der Waals surface area contributed by atoms with E-state index in [9.17, 15) is 15.0 Å². The largest absolute Gasteiger partial charge is 0.507 e. The lowest BCUT2D eigenvalue weighted by molar-refractivity contribution is 0.101. The molecule has 0 saturated heterocycles. The number of ether oxygens (including phenoxy) is 1. The van der Waals surface area contributed by atoms with Crippen LogP contribution in [0.15, 0.2) is 17.7 Å². The maximum Gasteiger partial charge on any atom is 0.167 e. The Morgan fingerprint density at radius 3 is 2.39 bits per heavy atom. The van der Waals surface area contributed by atoms with Crippen LogP contribution in [0.3, 0.4) is 0 Å². The molecule has 2 N–H and O–H groups in total. The Morgan fingerprint density at radius 1 is 1.33 bits per heavy atom. The predicted octanol–water partition coefficient (Wildman–Crippen LogP) is 2.82. The molecule has 0 aromatic heterocycles. The van der Waals surface area contributed by atoms with Crippen molar-refractivity contribution >= 4 is 5.78 Å². The van der Waals surface area contributed by atoms with Crippen LogP contribution < -0.4 is 4.74 Å². The van der Waals surface area contributed by atoms with Gasteiger partial charge in [-0.2, -0.15) is 0 Å². The number of methoxy groups -OCH3 is 1. The molecule has 0 saturated carbocycles. The molecule has 0 aliphatic carbocycles. The summed E-state index contributed by atoms with van der Waals surface area (Å²) < 4.78 is 4.99. The maximum absolute atomic E-state index is 11.5. The molecule has 0 bridgehead atoms. The highest BCUT2D eigenvalue weighted by atomic mass is 16.5. The highest BCUT2D eigenvalue weighted by Gasteiger charge is 2.20. The summed E-state index contributed by atoms with van der Waals surface area (Å²) in [5, 5.41) is 19.9. The molecule has 0 spiro atoms. The Bertz CT molecular complexity index is 497. The number of phenolic OH excluding ortho intramolecular Hbond substituents is 2. The fourth-order valence-electron chi connectivity index (χ4n) is 1.68. The molecule has 1 rings (SSSR count). The smallest absolute Gasteiger partial charge is 0.167 e. The minimum absolute atomic E-state index is 0.0770. The lowest BCUT2D eigenvalue weighted by atomic mass is 10.0. The van der Waals surface area contributed by atoms with Crippen LogP contribution in [-0.4, -0.2) is 23.1 Å². The van der Waals surface area contributed by atoms with E-state index in [1.54, 1.807) is 0 Å². The number of carbonyl (C=O) groups is 1. The summed E-state index contributed by atoms with van der Waals surface area (Å²) in [6.07, 6.45) is 2.23. The minimum Gasteiger partial charge on any atom is -0.507 e. The molecule has 0 heterocycles. The van der Waals surface area contributed by atoms with Crippen LogP contribution in [0.5, 0.6) is 17.2 Å². The van der Waals surface area contributed by atoms with Gasteiger partial charge < -0.3 is 14.9 Å². The van der Waals surface area contributed by atoms with Gasteiger partial charge in [0.05, 0.1) is 7.11 Å². The van der Waals surface area contributed by atoms with Gasteiger partial charge in [-0.1, -0.05) is 11.6 Å². The maximum atomic E-state index is 11.5. The molecule has 4 heteroatoms. The van der Waals surface area contributed by atoms with Crippen molar-refractivity contribution < 1.29 is 19.7 Å². The summed E-state index contributed by atoms with van der Waals surface area (Å²) in [6, 6.07) is 1.35. The molecule has 18 heavy (non-hydrogen) atoms. The molecule has 0 radical (unpaired) electrons. The number of aromatic hydroxyl groups is 2. The van der Waals surface area contributed by atoms with Gasteiger partial charge in [0.15, 0.2) is 5.78 Å². The molecule has 0 unspecified atom stereocenters. The minimum atomic E-state index is -0.303. The van der Waals surface area contributed by atoms with Crippen molar-refractivity contribution in [3.63, 3.8) is 0 Å². The molecule has 0 fully saturated rings. The van der Waals surface area contributed by atoms with Gasteiger partial charge >= 0.3 is 0 Å². The Kier molecular flexibility index (Phi) is 4.37. The molecule has 98 valence electrons. The molecule has 1 aromatic rings. The number of phenols is 2. The van der Waals surface area contributed by atoms with Crippen molar-refractivity contribution in [3.8, 4) is 17.2 Å². The van der Waals surface area contributed by atoms with Crippen LogP contribution >= 0.6 is 0 Å². The first-order valence-corrected chi connectivity index (χ1v) is 5.64. The van der Waals surface area contributed by atoms with Crippen LogP contribution in [0.25, 0.3) is 0 Å². The van der Waals surface area contributed by atoms with Crippen molar-refractivity contribution in [2.75, 3.05) is 7.11 Å². The average Bonchev–Trinajstić information content (AvgIpc) is 2.26. The van der Waals surface area contributed by atoms with E-state index in [1.807, 2.05) is 19.9 Å². The summed E-state index contributed by atoms with van der Waals surface area (Å²) in [7, 11) is 1.39. The molecule has 0 aliphatic heterocycles. The number of Topliss-reactive ketones (excluding diaryl/α,β-unsaturated/α-hetero) is 1. The fraction of sp³-hybridized carbons (Fsp3) is 0.357. The number of rotatable bonds is 4. The lowest BCUT2D eigenvalue weighted by Gasteiger charge is -2.13. The second-order valence-corrected chi connectivity index (χ2v) is 4.34. The van der Waals surface area contributed by atoms with Crippen molar-refractivity contribution in [3.05, 3.63) is 28.8 Å². The Hall–Kier alpha value is -1.97. The second kappa shape index (κ2) is 5.58. The molecule has 0 atom stereocenters. The van der Waals surface area contributed by atoms with Gasteiger partial charge in [0.1, 0.15) is 22.8 Å². The number of allylic oxidation sites excluding steroid dienone is 2. The van der Waals surface area contributed by atoms with Gasteiger partial charge in [-0.15, -0.1) is 0 Å². The number of hydrogen-bond acceptors (Lipinski definition) is 4. The van der Waals surface area contributed by atoms with Gasteiger partial charge in [-0.25, -0.2) is 0 Å². The summed E-state index contributed by atoms with van der Waals surface area (Å²) in [5.41, 5.74) is 1.50. The van der Waals surface area contributed by atoms with Crippen LogP contribution in [-0.2, 0) is 6.42 Å². The molecular weight excluding hydrogens is 232 g/mol. The zero-order chi connectivity index (χ0) is 13.9. The third-order valence-electron chi connectivity index (χ3n) is 2.63. The zero-order valence-corrected chi connectivity index (χ0v) is 11.1. The summed E-state index contributed by atoms with van der Waals surface area (Å²) >= 11 is 0. The van der Waals surface area contributed by atoms with Gasteiger partial charge in [0.2, 0.25) is 0 Å². The quantitative estimate of drug-likeness (QED) is 0.637. The first kappa shape index (κ1) is 14.1. The van der Waals surface area contributed by atoms with Crippen molar-refractivity contribution in [2.45, 2.75) is 27.2 Å². The highest BCUT2D eigenvalue weighted by molar-refractivity contribution is 6.00. The Balaban J connectivity index is 3.40. The second-order valence-electron chi connectivity index (χ2n) is 4.34. The van der Waals surface area contributed by atoms with E-state index in [0.29, 0.717) is 12.0 Å². The summed E-state index contributed by atoms with van der Waals surface area (Å²) in [5.74, 6) is -0.412. The van der Waals surface area contributed by atoms with E-state index in [1.165, 1.54) is 20.1 Å². The molecular formula is C14H18O4. The van der Waals surface area contributed by atoms with E-state index in [4.69, 9.17) is 4.74 Å². The third kappa shape index (κ3) is 2.83. The Labute approximate surface area is 107 Å². The van der Waals surface area contributed by atoms with Crippen LogP contribution in [0, 0.1) is 0 Å². The molecule has 4 nitrogen and oxygen atoms in total. The summed E-state index contributed by atoms with van der Waals surface area (Å²) in [4.78, 5) is 11.5. The number of carbonyl (C=O) groups excluding carboxylic acids is 1. The van der Waals surface area contributed by atoms with Gasteiger partial charge in [0.25, 0.3) is 0 Å². The van der Waals surface area contributed by atoms with Crippen molar-refractivity contribution in [1.82, 2.24) is 0 Å². The molecule has 0 aliphatic rings. The van der Waals surface area contributed by atoms with E-state index in [2.05, 4.69) is 0 Å². The lowest BCUT2D eigenvalue weighted by Crippen LogP contribution is -2.01. The number of ketones is 1. The topological polar surface area (TPSA) is 66.8 Å². The highest BCUT2D eigenvalue weighted by Crippen LogP contribution is 2.38. The van der Waals surface area contributed by atoms with E-state index >= 15 is 0 Å². The Morgan fingerprint density at radius 2 is 1.94 bits per heavy atom. The van der Waals surface area contributed by atoms with Crippen molar-refractivity contribution in [1.29, 1.82) is 0 Å². The third-order valence-corrected chi connectivity index (χ3v) is 2.63. The zero-order valence-electron chi connectivity index (χ0n) is 11.1. The SMILES string of the molecule is COc1cc(O)c(CC=C(C)C)c(O)c1C(C)=O. The van der Waals surface area contributed by atoms with E-state index < -0.39 is 0 Å². The first-order valence-electron chi connectivity index (χ1n) is 5.64. The fourth-order valence-corrected chi connectivity index (χ4v) is 1.68. The average molecular weight is 250 g/mol. The van der Waals surface area contributed by atoms with Crippen LogP contribution in [0.4, 0.5) is 0 Å². The normalized spacial score (nSPS) is 10.0. The standard InChI is InChI=1S/C14H18O4/c1-8(2)5-6-10-11(16)7-12(18-4)13(9(3)15)14(10)17/h5,7,16-17H,6H2,1-4H3. The van der Waals surface area contributed by atoms with Gasteiger partial charge in [-0.3, -0.25) is 4.79 Å². The van der Waals surface area contributed by atoms with Gasteiger partial charge in [-0.05, 0) is 27.2 Å². The van der Waals surface area contributed by atoms with Crippen LogP contribution in [0.1, 0.15) is 36.7 Å². The number of hydrogen-bond donors (Lipinski definition) is 2. The van der Waals surface area contributed by atoms with Crippen LogP contribution in [0.2, 0.25) is 0 Å². The molecule has 0 amide bonds. The first-order chi connectivity index (χ1) is 8.38. The van der Waals surface area contributed by atoms with Crippen molar-refractivity contribution in [2.24, 2.45) is 0 Å².